The number of fused-ring (bicyclic) bond motifs is 2. The van der Waals surface area contributed by atoms with Gasteiger partial charge in [-0.05, 0) is 44.0 Å². The summed E-state index contributed by atoms with van der Waals surface area (Å²) in [5, 5.41) is 10.6. The normalized spacial score (nSPS) is 13.7. The molecule has 0 amide bonds. The van der Waals surface area contributed by atoms with Crippen LogP contribution in [0, 0.1) is 6.92 Å². The molecule has 1 unspecified atom stereocenters. The molecular formula is C24H27N3O3. The van der Waals surface area contributed by atoms with Crippen LogP contribution in [0.5, 0.6) is 0 Å². The number of aromatic nitrogens is 3. The van der Waals surface area contributed by atoms with E-state index in [1.165, 1.54) is 0 Å². The van der Waals surface area contributed by atoms with Gasteiger partial charge in [0.15, 0.2) is 0 Å². The van der Waals surface area contributed by atoms with Gasteiger partial charge in [-0.3, -0.25) is 13.9 Å². The van der Waals surface area contributed by atoms with Crippen LogP contribution in [-0.4, -0.2) is 25.2 Å². The maximum atomic E-state index is 13.7. The molecule has 0 aliphatic rings. The van der Waals surface area contributed by atoms with Crippen molar-refractivity contribution in [2.24, 2.45) is 0 Å². The van der Waals surface area contributed by atoms with Crippen LogP contribution >= 0.6 is 0 Å². The van der Waals surface area contributed by atoms with E-state index in [9.17, 15) is 14.7 Å². The summed E-state index contributed by atoms with van der Waals surface area (Å²) in [5.41, 5.74) is 4.70. The molecule has 156 valence electrons. The number of aromatic amines is 1. The number of hydrogen-bond donors (Lipinski definition) is 2. The minimum Gasteiger partial charge on any atom is -0.481 e. The number of rotatable bonds is 7. The molecule has 2 N–H and O–H groups in total. The number of carboxylic acid groups (broad SMARTS) is 1. The third kappa shape index (κ3) is 3.22. The molecule has 0 bridgehead atoms. The highest BCUT2D eigenvalue weighted by atomic mass is 16.4. The monoisotopic (exact) mass is 405 g/mol. The molecule has 0 radical (unpaired) electrons. The van der Waals surface area contributed by atoms with Gasteiger partial charge in [-0.2, -0.15) is 0 Å². The molecule has 2 heterocycles. The van der Waals surface area contributed by atoms with Gasteiger partial charge in [0.25, 0.3) is 0 Å². The van der Waals surface area contributed by atoms with Crippen LogP contribution in [0.2, 0.25) is 0 Å². The zero-order valence-corrected chi connectivity index (χ0v) is 17.6. The van der Waals surface area contributed by atoms with Gasteiger partial charge in [-0.15, -0.1) is 0 Å². The van der Waals surface area contributed by atoms with Crippen molar-refractivity contribution in [3.8, 4) is 0 Å². The molecule has 6 nitrogen and oxygen atoms in total. The fourth-order valence-corrected chi connectivity index (χ4v) is 4.65. The second kappa shape index (κ2) is 7.86. The van der Waals surface area contributed by atoms with E-state index in [0.29, 0.717) is 6.42 Å². The summed E-state index contributed by atoms with van der Waals surface area (Å²) in [7, 11) is 0. The molecule has 2 atom stereocenters. The van der Waals surface area contributed by atoms with E-state index in [2.05, 4.69) is 18.0 Å². The Morgan fingerprint density at radius 3 is 2.47 bits per heavy atom. The van der Waals surface area contributed by atoms with E-state index in [1.807, 2.05) is 56.4 Å². The Morgan fingerprint density at radius 2 is 1.80 bits per heavy atom. The second-order valence-electron chi connectivity index (χ2n) is 7.97. The Balaban J connectivity index is 1.94. The smallest absolute Gasteiger partial charge is 0.329 e. The lowest BCUT2D eigenvalue weighted by Gasteiger charge is -2.17. The maximum Gasteiger partial charge on any atom is 0.329 e. The third-order valence-corrected chi connectivity index (χ3v) is 5.99. The molecule has 0 spiro atoms. The van der Waals surface area contributed by atoms with E-state index >= 15 is 0 Å². The molecule has 0 saturated carbocycles. The summed E-state index contributed by atoms with van der Waals surface area (Å²) in [4.78, 5) is 28.5. The number of H-pyrrole nitrogens is 1. The summed E-state index contributed by atoms with van der Waals surface area (Å²) in [6, 6.07) is 13.2. The summed E-state index contributed by atoms with van der Waals surface area (Å²) in [5.74, 6) is -0.891. The van der Waals surface area contributed by atoms with Gasteiger partial charge in [-0.25, -0.2) is 4.79 Å². The minimum atomic E-state index is -0.891. The zero-order valence-electron chi connectivity index (χ0n) is 17.6. The largest absolute Gasteiger partial charge is 0.481 e. The first kappa shape index (κ1) is 20.0. The number of carbonyl (C=O) groups is 1. The van der Waals surface area contributed by atoms with Crippen LogP contribution in [0.25, 0.3) is 21.9 Å². The fraction of sp³-hybridized carbons (Fsp3) is 0.333. The van der Waals surface area contributed by atoms with Gasteiger partial charge >= 0.3 is 11.7 Å². The number of carboxylic acids is 1. The topological polar surface area (TPSA) is 80.0 Å². The molecule has 0 aliphatic heterocycles. The van der Waals surface area contributed by atoms with E-state index in [4.69, 9.17) is 0 Å². The second-order valence-corrected chi connectivity index (χ2v) is 7.97. The van der Waals surface area contributed by atoms with Gasteiger partial charge in [0.05, 0.1) is 23.5 Å². The molecule has 30 heavy (non-hydrogen) atoms. The van der Waals surface area contributed by atoms with E-state index in [-0.39, 0.29) is 24.2 Å². The Bertz CT molecular complexity index is 1280. The predicted octanol–water partition coefficient (Wildman–Crippen LogP) is 5.02. The van der Waals surface area contributed by atoms with Gasteiger partial charge in [0, 0.05) is 28.7 Å². The quantitative estimate of drug-likeness (QED) is 0.453. The number of nitrogens with one attached hydrogen (secondary N) is 1. The average molecular weight is 405 g/mol. The molecule has 6 heteroatoms. The molecule has 0 saturated heterocycles. The SMILES string of the molecule is CCCC(CC(=O)O)n1c(=O)n([C@@H](C)c2c[nH]c3cccc(C)c23)c2ccccc21. The molecule has 4 aromatic rings. The highest BCUT2D eigenvalue weighted by Gasteiger charge is 2.25. The number of imidazole rings is 1. The van der Waals surface area contributed by atoms with Gasteiger partial charge in [0.2, 0.25) is 0 Å². The van der Waals surface area contributed by atoms with Gasteiger partial charge < -0.3 is 10.1 Å². The number of hydrogen-bond acceptors (Lipinski definition) is 2. The Hall–Kier alpha value is -3.28. The summed E-state index contributed by atoms with van der Waals surface area (Å²) < 4.78 is 3.49. The van der Waals surface area contributed by atoms with E-state index in [0.717, 1.165) is 39.5 Å². The first-order valence-corrected chi connectivity index (χ1v) is 10.4. The predicted molar refractivity (Wildman–Crippen MR) is 119 cm³/mol. The molecule has 0 fully saturated rings. The number of aliphatic carboxylic acids is 1. The summed E-state index contributed by atoms with van der Waals surface area (Å²) in [6.07, 6.45) is 3.35. The van der Waals surface area contributed by atoms with Crippen molar-refractivity contribution in [1.82, 2.24) is 14.1 Å². The molecular weight excluding hydrogens is 378 g/mol. The van der Waals surface area contributed by atoms with Crippen molar-refractivity contribution >= 4 is 27.9 Å². The fourth-order valence-electron chi connectivity index (χ4n) is 4.65. The Labute approximate surface area is 174 Å². The number of nitrogens with zero attached hydrogens (tertiary/aromatic N) is 2. The van der Waals surface area contributed by atoms with Crippen LogP contribution in [0.15, 0.2) is 53.5 Å². The first-order chi connectivity index (χ1) is 14.4. The lowest BCUT2D eigenvalue weighted by atomic mass is 10.0. The summed E-state index contributed by atoms with van der Waals surface area (Å²) in [6.45, 7) is 6.11. The molecule has 2 aromatic carbocycles. The van der Waals surface area contributed by atoms with Crippen molar-refractivity contribution in [2.45, 2.75) is 52.1 Å². The lowest BCUT2D eigenvalue weighted by molar-refractivity contribution is -0.137. The number of aryl methyl sites for hydroxylation is 1. The van der Waals surface area contributed by atoms with E-state index in [1.54, 1.807) is 9.13 Å². The third-order valence-electron chi connectivity index (χ3n) is 5.99. The van der Waals surface area contributed by atoms with Crippen molar-refractivity contribution in [3.63, 3.8) is 0 Å². The minimum absolute atomic E-state index is 0.0671. The highest BCUT2D eigenvalue weighted by molar-refractivity contribution is 5.87. The Kier molecular flexibility index (Phi) is 5.24. The van der Waals surface area contributed by atoms with Crippen molar-refractivity contribution < 1.29 is 9.90 Å². The van der Waals surface area contributed by atoms with Crippen molar-refractivity contribution in [2.75, 3.05) is 0 Å². The van der Waals surface area contributed by atoms with Crippen LogP contribution in [0.1, 0.15) is 56.3 Å². The zero-order chi connectivity index (χ0) is 21.4. The Morgan fingerprint density at radius 1 is 1.10 bits per heavy atom. The van der Waals surface area contributed by atoms with Crippen LogP contribution in [0.3, 0.4) is 0 Å². The van der Waals surface area contributed by atoms with Crippen LogP contribution < -0.4 is 5.69 Å². The standard InChI is InChI=1S/C24H27N3O3/c1-4-8-17(13-22(28)29)27-21-12-6-5-11-20(21)26(24(27)30)16(3)18-14-25-19-10-7-9-15(2)23(18)19/h5-7,9-12,14,16-17,25H,4,8,13H2,1-3H3,(H,28,29)/t16-,17?/m0/s1. The van der Waals surface area contributed by atoms with E-state index < -0.39 is 5.97 Å². The maximum absolute atomic E-state index is 13.7. The van der Waals surface area contributed by atoms with Crippen molar-refractivity contribution in [1.29, 1.82) is 0 Å². The molecule has 4 rings (SSSR count). The first-order valence-electron chi connectivity index (χ1n) is 10.4. The number of benzene rings is 2. The van der Waals surface area contributed by atoms with Gasteiger partial charge in [-0.1, -0.05) is 37.6 Å². The molecule has 0 aliphatic carbocycles. The molecule has 2 aromatic heterocycles. The average Bonchev–Trinajstić information content (AvgIpc) is 3.26. The summed E-state index contributed by atoms with van der Waals surface area (Å²) >= 11 is 0. The number of para-hydroxylation sites is 2. The highest BCUT2D eigenvalue weighted by Crippen LogP contribution is 2.32. The van der Waals surface area contributed by atoms with Crippen molar-refractivity contribution in [3.05, 3.63) is 70.3 Å². The van der Waals surface area contributed by atoms with Crippen LogP contribution in [0.4, 0.5) is 0 Å². The van der Waals surface area contributed by atoms with Crippen LogP contribution in [-0.2, 0) is 4.79 Å². The lowest BCUT2D eigenvalue weighted by Crippen LogP contribution is -2.30. The van der Waals surface area contributed by atoms with Gasteiger partial charge in [0.1, 0.15) is 0 Å².